The van der Waals surface area contributed by atoms with Gasteiger partial charge in [-0.1, -0.05) is 20.8 Å². The Morgan fingerprint density at radius 1 is 1.47 bits per heavy atom. The number of hydrogen-bond acceptors (Lipinski definition) is 4. The van der Waals surface area contributed by atoms with Crippen LogP contribution in [0.1, 0.15) is 38.9 Å². The molecular formula is C10H19N5. The third kappa shape index (κ3) is 2.53. The summed E-state index contributed by atoms with van der Waals surface area (Å²) in [6.45, 7) is 9.56. The summed E-state index contributed by atoms with van der Waals surface area (Å²) in [7, 11) is 0. The lowest BCUT2D eigenvalue weighted by atomic mass is 9.96. The van der Waals surface area contributed by atoms with Gasteiger partial charge in [-0.2, -0.15) is 0 Å². The maximum absolute atomic E-state index is 4.14. The highest BCUT2D eigenvalue weighted by Crippen LogP contribution is 2.22. The highest BCUT2D eigenvalue weighted by Gasteiger charge is 2.24. The number of tetrazole rings is 1. The van der Waals surface area contributed by atoms with Crippen LogP contribution in [-0.2, 0) is 6.54 Å². The van der Waals surface area contributed by atoms with Crippen LogP contribution >= 0.6 is 0 Å². The zero-order valence-electron chi connectivity index (χ0n) is 9.69. The maximum Gasteiger partial charge on any atom is 0.155 e. The van der Waals surface area contributed by atoms with Gasteiger partial charge in [-0.25, -0.2) is 4.68 Å². The van der Waals surface area contributed by atoms with E-state index in [4.69, 9.17) is 0 Å². The minimum atomic E-state index is 0.218. The molecule has 0 saturated carbocycles. The predicted molar refractivity (Wildman–Crippen MR) is 57.5 cm³/mol. The lowest BCUT2D eigenvalue weighted by molar-refractivity contribution is 0.312. The van der Waals surface area contributed by atoms with Gasteiger partial charge in [-0.05, 0) is 28.8 Å². The van der Waals surface area contributed by atoms with Crippen LogP contribution in [0.2, 0.25) is 0 Å². The van der Waals surface area contributed by atoms with Gasteiger partial charge in [0.1, 0.15) is 0 Å². The Hall–Kier alpha value is -0.970. The number of aromatic nitrogens is 4. The Balaban J connectivity index is 2.14. The largest absolute Gasteiger partial charge is 0.316 e. The van der Waals surface area contributed by atoms with E-state index >= 15 is 0 Å². The van der Waals surface area contributed by atoms with E-state index < -0.39 is 0 Å². The minimum absolute atomic E-state index is 0.218. The van der Waals surface area contributed by atoms with E-state index in [9.17, 15) is 0 Å². The van der Waals surface area contributed by atoms with Crippen LogP contribution < -0.4 is 5.32 Å². The molecule has 5 heteroatoms. The Bertz CT molecular complexity index is 319. The predicted octanol–water partition coefficient (Wildman–Crippen LogP) is 0.796. The van der Waals surface area contributed by atoms with Crippen molar-refractivity contribution in [2.75, 3.05) is 13.1 Å². The van der Waals surface area contributed by atoms with Gasteiger partial charge in [0, 0.05) is 19.0 Å². The lowest BCUT2D eigenvalue weighted by Gasteiger charge is -2.19. The van der Waals surface area contributed by atoms with E-state index in [2.05, 4.69) is 41.6 Å². The van der Waals surface area contributed by atoms with Crippen molar-refractivity contribution in [2.45, 2.75) is 39.7 Å². The van der Waals surface area contributed by atoms with Gasteiger partial charge < -0.3 is 5.32 Å². The topological polar surface area (TPSA) is 55.6 Å². The molecule has 0 aromatic carbocycles. The Morgan fingerprint density at radius 2 is 2.27 bits per heavy atom. The molecule has 1 aliphatic rings. The van der Waals surface area contributed by atoms with Gasteiger partial charge >= 0.3 is 0 Å². The van der Waals surface area contributed by atoms with Gasteiger partial charge in [0.2, 0.25) is 0 Å². The fourth-order valence-corrected chi connectivity index (χ4v) is 1.94. The van der Waals surface area contributed by atoms with Crippen molar-refractivity contribution in [3.05, 3.63) is 5.82 Å². The zero-order chi connectivity index (χ0) is 10.9. The first-order valence-corrected chi connectivity index (χ1v) is 5.53. The van der Waals surface area contributed by atoms with Crippen molar-refractivity contribution in [3.63, 3.8) is 0 Å². The molecule has 5 nitrogen and oxygen atoms in total. The van der Waals surface area contributed by atoms with Crippen molar-refractivity contribution in [1.82, 2.24) is 25.5 Å². The molecule has 2 heterocycles. The second kappa shape index (κ2) is 3.89. The van der Waals surface area contributed by atoms with Crippen LogP contribution in [0.3, 0.4) is 0 Å². The second-order valence-electron chi connectivity index (χ2n) is 5.45. The number of rotatable bonds is 2. The van der Waals surface area contributed by atoms with E-state index in [0.29, 0.717) is 5.92 Å². The summed E-state index contributed by atoms with van der Waals surface area (Å²) in [5.74, 6) is 1.53. The third-order valence-corrected chi connectivity index (χ3v) is 2.61. The van der Waals surface area contributed by atoms with E-state index in [1.807, 2.05) is 4.68 Å². The first-order chi connectivity index (χ1) is 7.06. The van der Waals surface area contributed by atoms with Crippen molar-refractivity contribution in [2.24, 2.45) is 5.41 Å². The van der Waals surface area contributed by atoms with Crippen molar-refractivity contribution < 1.29 is 0 Å². The molecule has 1 aromatic heterocycles. The number of hydrogen-bond donors (Lipinski definition) is 1. The molecule has 1 aromatic rings. The molecule has 1 fully saturated rings. The van der Waals surface area contributed by atoms with Crippen molar-refractivity contribution in [1.29, 1.82) is 0 Å². The molecule has 0 aliphatic carbocycles. The molecule has 1 saturated heterocycles. The highest BCUT2D eigenvalue weighted by molar-refractivity contribution is 4.98. The average molecular weight is 209 g/mol. The summed E-state index contributed by atoms with van der Waals surface area (Å²) < 4.78 is 1.96. The molecule has 0 radical (unpaired) electrons. The Kier molecular flexibility index (Phi) is 2.73. The van der Waals surface area contributed by atoms with E-state index in [0.717, 1.165) is 31.9 Å². The second-order valence-corrected chi connectivity index (χ2v) is 5.45. The van der Waals surface area contributed by atoms with Crippen LogP contribution in [0.5, 0.6) is 0 Å². The summed E-state index contributed by atoms with van der Waals surface area (Å²) in [6, 6.07) is 0. The SMILES string of the molecule is CC(C)(C)Cn1nnnc1C1CCNC1. The third-order valence-electron chi connectivity index (χ3n) is 2.61. The molecule has 84 valence electrons. The summed E-state index contributed by atoms with van der Waals surface area (Å²) in [6.07, 6.45) is 1.14. The van der Waals surface area contributed by atoms with Gasteiger partial charge in [-0.3, -0.25) is 0 Å². The van der Waals surface area contributed by atoms with Crippen LogP contribution in [0, 0.1) is 5.41 Å². The first kappa shape index (κ1) is 10.5. The zero-order valence-corrected chi connectivity index (χ0v) is 9.69. The van der Waals surface area contributed by atoms with E-state index in [1.165, 1.54) is 0 Å². The first-order valence-electron chi connectivity index (χ1n) is 5.53. The van der Waals surface area contributed by atoms with Gasteiger partial charge in [-0.15, -0.1) is 5.10 Å². The molecule has 0 spiro atoms. The average Bonchev–Trinajstić information content (AvgIpc) is 2.68. The van der Waals surface area contributed by atoms with Gasteiger partial charge in [0.25, 0.3) is 0 Å². The molecule has 0 bridgehead atoms. The molecule has 1 aliphatic heterocycles. The molecule has 1 N–H and O–H groups in total. The van der Waals surface area contributed by atoms with Crippen LogP contribution in [0.15, 0.2) is 0 Å². The summed E-state index contributed by atoms with van der Waals surface area (Å²) >= 11 is 0. The quantitative estimate of drug-likeness (QED) is 0.782. The monoisotopic (exact) mass is 209 g/mol. The van der Waals surface area contributed by atoms with Crippen molar-refractivity contribution in [3.8, 4) is 0 Å². The fourth-order valence-electron chi connectivity index (χ4n) is 1.94. The van der Waals surface area contributed by atoms with E-state index in [-0.39, 0.29) is 5.41 Å². The minimum Gasteiger partial charge on any atom is -0.316 e. The summed E-state index contributed by atoms with van der Waals surface area (Å²) in [5, 5.41) is 15.3. The fraction of sp³-hybridized carbons (Fsp3) is 0.900. The molecular weight excluding hydrogens is 190 g/mol. The molecule has 2 rings (SSSR count). The van der Waals surface area contributed by atoms with E-state index in [1.54, 1.807) is 0 Å². The Morgan fingerprint density at radius 3 is 2.87 bits per heavy atom. The molecule has 1 atom stereocenters. The smallest absolute Gasteiger partial charge is 0.155 e. The normalized spacial score (nSPS) is 22.2. The number of nitrogens with one attached hydrogen (secondary N) is 1. The van der Waals surface area contributed by atoms with Crippen LogP contribution in [0.4, 0.5) is 0 Å². The maximum atomic E-state index is 4.14. The van der Waals surface area contributed by atoms with Crippen LogP contribution in [0.25, 0.3) is 0 Å². The molecule has 1 unspecified atom stereocenters. The molecule has 0 amide bonds. The summed E-state index contributed by atoms with van der Waals surface area (Å²) in [4.78, 5) is 0. The molecule has 15 heavy (non-hydrogen) atoms. The van der Waals surface area contributed by atoms with Gasteiger partial charge in [0.15, 0.2) is 5.82 Å². The van der Waals surface area contributed by atoms with Crippen LogP contribution in [-0.4, -0.2) is 33.3 Å². The number of nitrogens with zero attached hydrogens (tertiary/aromatic N) is 4. The summed E-state index contributed by atoms with van der Waals surface area (Å²) in [5.41, 5.74) is 0.218. The van der Waals surface area contributed by atoms with Crippen molar-refractivity contribution >= 4 is 0 Å². The highest BCUT2D eigenvalue weighted by atomic mass is 15.5. The standard InChI is InChI=1S/C10H19N5/c1-10(2,3)7-15-9(12-13-14-15)8-4-5-11-6-8/h8,11H,4-7H2,1-3H3. The lowest BCUT2D eigenvalue weighted by Crippen LogP contribution is -2.21. The Labute approximate surface area is 90.2 Å². The van der Waals surface area contributed by atoms with Gasteiger partial charge in [0.05, 0.1) is 0 Å².